The number of benzene rings is 3. The standard InChI is InChI=1S/C23H23NO3/c1-23(26,16-24-22(25)19-9-6-10-21(15-19)27-2)20-13-11-18(12-14-20)17-7-4-3-5-8-17/h3-15,26H,16H2,1-2H3,(H,24,25). The molecule has 3 rings (SSSR count). The smallest absolute Gasteiger partial charge is 0.251 e. The summed E-state index contributed by atoms with van der Waals surface area (Å²) in [6.07, 6.45) is 0. The first-order chi connectivity index (χ1) is 13.0. The third-order valence-electron chi connectivity index (χ3n) is 4.54. The predicted octanol–water partition coefficient (Wildman–Crippen LogP) is 4.00. The van der Waals surface area contributed by atoms with E-state index < -0.39 is 5.60 Å². The molecule has 1 amide bonds. The highest BCUT2D eigenvalue weighted by molar-refractivity contribution is 5.94. The number of ether oxygens (including phenoxy) is 1. The van der Waals surface area contributed by atoms with Gasteiger partial charge in [-0.1, -0.05) is 60.7 Å². The minimum absolute atomic E-state index is 0.105. The molecule has 0 saturated heterocycles. The van der Waals surface area contributed by atoms with Crippen LogP contribution < -0.4 is 10.1 Å². The van der Waals surface area contributed by atoms with Crippen LogP contribution in [0.1, 0.15) is 22.8 Å². The molecule has 2 N–H and O–H groups in total. The van der Waals surface area contributed by atoms with Gasteiger partial charge in [0.25, 0.3) is 5.91 Å². The van der Waals surface area contributed by atoms with E-state index in [0.717, 1.165) is 16.7 Å². The first-order valence-electron chi connectivity index (χ1n) is 8.80. The first kappa shape index (κ1) is 18.7. The van der Waals surface area contributed by atoms with Crippen molar-refractivity contribution in [3.05, 3.63) is 90.0 Å². The molecule has 0 aromatic heterocycles. The molecule has 3 aromatic rings. The van der Waals surface area contributed by atoms with Crippen LogP contribution in [0.4, 0.5) is 0 Å². The zero-order valence-electron chi connectivity index (χ0n) is 15.5. The molecular weight excluding hydrogens is 338 g/mol. The second-order valence-corrected chi connectivity index (χ2v) is 6.63. The Hall–Kier alpha value is -3.11. The highest BCUT2D eigenvalue weighted by Crippen LogP contribution is 2.25. The van der Waals surface area contributed by atoms with E-state index in [-0.39, 0.29) is 12.5 Å². The Kier molecular flexibility index (Phi) is 5.57. The van der Waals surface area contributed by atoms with Crippen molar-refractivity contribution < 1.29 is 14.6 Å². The van der Waals surface area contributed by atoms with Crippen LogP contribution in [-0.2, 0) is 5.60 Å². The van der Waals surface area contributed by atoms with Crippen LogP contribution in [-0.4, -0.2) is 24.7 Å². The zero-order valence-corrected chi connectivity index (χ0v) is 15.5. The molecule has 0 radical (unpaired) electrons. The molecule has 1 atom stereocenters. The molecular formula is C23H23NO3. The average molecular weight is 361 g/mol. The summed E-state index contributed by atoms with van der Waals surface area (Å²) in [6, 6.07) is 24.7. The van der Waals surface area contributed by atoms with E-state index >= 15 is 0 Å². The highest BCUT2D eigenvalue weighted by Gasteiger charge is 2.24. The summed E-state index contributed by atoms with van der Waals surface area (Å²) in [5.74, 6) is 0.362. The molecule has 138 valence electrons. The number of rotatable bonds is 6. The molecule has 4 heteroatoms. The van der Waals surface area contributed by atoms with E-state index in [0.29, 0.717) is 11.3 Å². The largest absolute Gasteiger partial charge is 0.497 e. The van der Waals surface area contributed by atoms with Crippen LogP contribution in [0.3, 0.4) is 0 Å². The fourth-order valence-electron chi connectivity index (χ4n) is 2.87. The topological polar surface area (TPSA) is 58.6 Å². The maximum Gasteiger partial charge on any atom is 0.251 e. The van der Waals surface area contributed by atoms with Gasteiger partial charge in [0, 0.05) is 5.56 Å². The molecule has 3 aromatic carbocycles. The number of hydrogen-bond acceptors (Lipinski definition) is 3. The second-order valence-electron chi connectivity index (χ2n) is 6.63. The fourth-order valence-corrected chi connectivity index (χ4v) is 2.87. The van der Waals surface area contributed by atoms with Gasteiger partial charge >= 0.3 is 0 Å². The summed E-state index contributed by atoms with van der Waals surface area (Å²) >= 11 is 0. The molecule has 4 nitrogen and oxygen atoms in total. The molecule has 0 heterocycles. The van der Waals surface area contributed by atoms with Gasteiger partial charge in [0.05, 0.1) is 13.7 Å². The minimum atomic E-state index is -1.18. The van der Waals surface area contributed by atoms with E-state index in [4.69, 9.17) is 4.74 Å². The molecule has 0 spiro atoms. The molecule has 0 aliphatic carbocycles. The Balaban J connectivity index is 1.68. The number of carbonyl (C=O) groups excluding carboxylic acids is 1. The van der Waals surface area contributed by atoms with E-state index in [1.165, 1.54) is 0 Å². The van der Waals surface area contributed by atoms with Gasteiger partial charge in [-0.3, -0.25) is 4.79 Å². The highest BCUT2D eigenvalue weighted by atomic mass is 16.5. The summed E-state index contributed by atoms with van der Waals surface area (Å²) in [5.41, 5.74) is 2.26. The molecule has 0 aliphatic rings. The van der Waals surface area contributed by atoms with Crippen LogP contribution in [0.15, 0.2) is 78.9 Å². The van der Waals surface area contributed by atoms with E-state index in [1.54, 1.807) is 38.3 Å². The van der Waals surface area contributed by atoms with Crippen molar-refractivity contribution in [2.45, 2.75) is 12.5 Å². The second kappa shape index (κ2) is 8.06. The molecule has 0 aliphatic heterocycles. The Morgan fingerprint density at radius 3 is 2.30 bits per heavy atom. The number of carbonyl (C=O) groups is 1. The van der Waals surface area contributed by atoms with Crippen molar-refractivity contribution in [3.63, 3.8) is 0 Å². The number of methoxy groups -OCH3 is 1. The van der Waals surface area contributed by atoms with Gasteiger partial charge in [-0.15, -0.1) is 0 Å². The van der Waals surface area contributed by atoms with E-state index in [9.17, 15) is 9.90 Å². The molecule has 1 unspecified atom stereocenters. The Morgan fingerprint density at radius 2 is 1.63 bits per heavy atom. The lowest BCUT2D eigenvalue weighted by atomic mass is 9.93. The van der Waals surface area contributed by atoms with Crippen molar-refractivity contribution >= 4 is 5.91 Å². The SMILES string of the molecule is COc1cccc(C(=O)NCC(C)(O)c2ccc(-c3ccccc3)cc2)c1. The quantitative estimate of drug-likeness (QED) is 0.698. The van der Waals surface area contributed by atoms with Gasteiger partial charge in [-0.25, -0.2) is 0 Å². The lowest BCUT2D eigenvalue weighted by Crippen LogP contribution is -2.38. The monoisotopic (exact) mass is 361 g/mol. The summed E-state index contributed by atoms with van der Waals surface area (Å²) < 4.78 is 5.14. The lowest BCUT2D eigenvalue weighted by molar-refractivity contribution is 0.0526. The van der Waals surface area contributed by atoms with Crippen LogP contribution >= 0.6 is 0 Å². The summed E-state index contributed by atoms with van der Waals surface area (Å²) in [5, 5.41) is 13.6. The predicted molar refractivity (Wildman–Crippen MR) is 107 cm³/mol. The van der Waals surface area contributed by atoms with Crippen molar-refractivity contribution in [2.75, 3.05) is 13.7 Å². The van der Waals surface area contributed by atoms with Gasteiger partial charge in [-0.05, 0) is 41.8 Å². The summed E-state index contributed by atoms with van der Waals surface area (Å²) in [7, 11) is 1.56. The number of amides is 1. The summed E-state index contributed by atoms with van der Waals surface area (Å²) in [6.45, 7) is 1.80. The Morgan fingerprint density at radius 1 is 0.963 bits per heavy atom. The number of nitrogens with one attached hydrogen (secondary N) is 1. The molecule has 0 saturated carbocycles. The normalized spacial score (nSPS) is 12.9. The van der Waals surface area contributed by atoms with Crippen LogP contribution in [0.2, 0.25) is 0 Å². The van der Waals surface area contributed by atoms with E-state index in [2.05, 4.69) is 5.32 Å². The van der Waals surface area contributed by atoms with Gasteiger partial charge < -0.3 is 15.2 Å². The van der Waals surface area contributed by atoms with Crippen LogP contribution in [0.25, 0.3) is 11.1 Å². The number of hydrogen-bond donors (Lipinski definition) is 2. The lowest BCUT2D eigenvalue weighted by Gasteiger charge is -2.24. The zero-order chi connectivity index (χ0) is 19.3. The summed E-state index contributed by atoms with van der Waals surface area (Å²) in [4.78, 5) is 12.4. The minimum Gasteiger partial charge on any atom is -0.497 e. The third kappa shape index (κ3) is 4.54. The third-order valence-corrected chi connectivity index (χ3v) is 4.54. The number of aliphatic hydroxyl groups is 1. The van der Waals surface area contributed by atoms with Crippen LogP contribution in [0.5, 0.6) is 5.75 Å². The van der Waals surface area contributed by atoms with Crippen molar-refractivity contribution in [3.8, 4) is 16.9 Å². The average Bonchev–Trinajstić information content (AvgIpc) is 2.73. The van der Waals surface area contributed by atoms with E-state index in [1.807, 2.05) is 54.6 Å². The molecule has 0 bridgehead atoms. The maximum atomic E-state index is 12.4. The Labute approximate surface area is 159 Å². The van der Waals surface area contributed by atoms with Gasteiger partial charge in [0.2, 0.25) is 0 Å². The van der Waals surface area contributed by atoms with Crippen molar-refractivity contribution in [1.29, 1.82) is 0 Å². The van der Waals surface area contributed by atoms with Gasteiger partial charge in [0.1, 0.15) is 11.4 Å². The van der Waals surface area contributed by atoms with Gasteiger partial charge in [-0.2, -0.15) is 0 Å². The van der Waals surface area contributed by atoms with Crippen molar-refractivity contribution in [1.82, 2.24) is 5.32 Å². The first-order valence-corrected chi connectivity index (χ1v) is 8.80. The maximum absolute atomic E-state index is 12.4. The molecule has 0 fully saturated rings. The van der Waals surface area contributed by atoms with Crippen LogP contribution in [0, 0.1) is 0 Å². The fraction of sp³-hybridized carbons (Fsp3) is 0.174. The Bertz CT molecular complexity index is 902. The van der Waals surface area contributed by atoms with Gasteiger partial charge in [0.15, 0.2) is 0 Å². The molecule has 27 heavy (non-hydrogen) atoms. The van der Waals surface area contributed by atoms with Crippen molar-refractivity contribution in [2.24, 2.45) is 0 Å².